The molecule has 0 aliphatic carbocycles. The number of amides is 3. The first-order valence-corrected chi connectivity index (χ1v) is 18.3. The molecule has 2 aromatic rings. The second-order valence-electron chi connectivity index (χ2n) is 11.5. The summed E-state index contributed by atoms with van der Waals surface area (Å²) in [5.74, 6) is 0.543. The van der Waals surface area contributed by atoms with Crippen molar-refractivity contribution in [3.8, 4) is 5.75 Å². The molecule has 0 bridgehead atoms. The van der Waals surface area contributed by atoms with E-state index in [1.54, 1.807) is 44.0 Å². The van der Waals surface area contributed by atoms with Gasteiger partial charge in [0, 0.05) is 11.0 Å². The molecule has 0 aromatic heterocycles. The molecule has 0 spiro atoms. The van der Waals surface area contributed by atoms with Gasteiger partial charge in [0.2, 0.25) is 0 Å². The Bertz CT molecular complexity index is 1330. The van der Waals surface area contributed by atoms with Gasteiger partial charge in [-0.2, -0.15) is 11.8 Å². The van der Waals surface area contributed by atoms with E-state index < -0.39 is 35.9 Å². The number of fused-ring (bicyclic) bond motifs is 2. The number of hydrogen-bond acceptors (Lipinski definition) is 5. The summed E-state index contributed by atoms with van der Waals surface area (Å²) in [6.45, 7) is 3.63. The van der Waals surface area contributed by atoms with E-state index in [9.17, 15) is 18.4 Å². The molecule has 2 fully saturated rings. The van der Waals surface area contributed by atoms with Gasteiger partial charge < -0.3 is 10.6 Å². The Hall–Kier alpha value is -2.26. The van der Waals surface area contributed by atoms with Crippen molar-refractivity contribution in [2.45, 2.75) is 78.9 Å². The second-order valence-corrected chi connectivity index (χ2v) is 17.2. The maximum absolute atomic E-state index is 15.2. The van der Waals surface area contributed by atoms with Crippen LogP contribution in [0, 0.1) is 3.57 Å². The summed E-state index contributed by atoms with van der Waals surface area (Å²) in [6, 6.07) is 12.1. The van der Waals surface area contributed by atoms with Crippen molar-refractivity contribution in [1.82, 2.24) is 15.5 Å². The number of hydrogen-bond donors (Lipinski definition) is 2. The Kier molecular flexibility index (Phi) is 9.44. The van der Waals surface area contributed by atoms with Gasteiger partial charge in [0.05, 0.1) is 12.1 Å². The van der Waals surface area contributed by atoms with Crippen molar-refractivity contribution in [2.75, 3.05) is 19.3 Å². The number of carbonyl (C=O) groups is 2. The molecular weight excluding hydrogens is 701 g/mol. The number of thioether (sulfide) groups is 1. The van der Waals surface area contributed by atoms with Gasteiger partial charge in [0.25, 0.3) is 0 Å². The molecule has 3 heterocycles. The number of alkyl halides is 5. The van der Waals surface area contributed by atoms with Crippen molar-refractivity contribution in [1.29, 1.82) is 0 Å². The van der Waals surface area contributed by atoms with Gasteiger partial charge in [0.1, 0.15) is 0 Å². The quantitative estimate of drug-likeness (QED) is 0.0852. The van der Waals surface area contributed by atoms with Crippen LogP contribution >= 0.6 is 32.0 Å². The topological polar surface area (TPSA) is 79.9 Å². The summed E-state index contributed by atoms with van der Waals surface area (Å²) in [5.41, 5.74) is 0.179. The summed E-state index contributed by atoms with van der Waals surface area (Å²) in [5, 5.41) is 6.26. The number of urea groups is 1. The molecular formula is C30H36F4IN3O4S. The molecule has 0 radical (unpaired) electrons. The molecule has 2 saturated heterocycles. The molecule has 3 aliphatic heterocycles. The number of benzene rings is 2. The Morgan fingerprint density at radius 1 is 1.12 bits per heavy atom. The second kappa shape index (κ2) is 12.6. The molecule has 0 unspecified atom stereocenters. The van der Waals surface area contributed by atoms with Crippen molar-refractivity contribution in [2.24, 2.45) is 0 Å². The molecule has 2 aromatic carbocycles. The van der Waals surface area contributed by atoms with E-state index in [0.717, 1.165) is 30.6 Å². The summed E-state index contributed by atoms with van der Waals surface area (Å²) < 4.78 is 66.2. The van der Waals surface area contributed by atoms with Crippen molar-refractivity contribution in [3.05, 3.63) is 63.2 Å². The number of likely N-dealkylation sites (N-methyl/N-ethyl adjacent to an activating group) is 1. The predicted octanol–water partition coefficient (Wildman–Crippen LogP) is 6.53. The minimum atomic E-state index is -4.76. The van der Waals surface area contributed by atoms with Crippen LogP contribution in [0.5, 0.6) is 5.75 Å². The van der Waals surface area contributed by atoms with E-state index in [4.69, 9.17) is 3.07 Å². The van der Waals surface area contributed by atoms with Crippen molar-refractivity contribution >= 4 is 43.9 Å². The monoisotopic (exact) mass is 737 g/mol. The molecule has 236 valence electrons. The SMILES string of the molecule is CN(CCc1ccc(OC(F)(F)C(F)(F)I2OC(C)(C)c3ccccc32)cc1)C(=O)CCCC[C@@H]1SC[C@@H]2NC(=O)N[C@@H]21. The predicted molar refractivity (Wildman–Crippen MR) is 166 cm³/mol. The normalized spacial score (nSPS) is 23.4. The first-order valence-electron chi connectivity index (χ1n) is 14.2. The van der Waals surface area contributed by atoms with E-state index in [2.05, 4.69) is 15.4 Å². The molecule has 3 aliphatic rings. The first kappa shape index (κ1) is 32.1. The smallest absolute Gasteiger partial charge is 0.332 e. The average Bonchev–Trinajstić information content (AvgIpc) is 3.60. The van der Waals surface area contributed by atoms with E-state index in [0.29, 0.717) is 30.2 Å². The van der Waals surface area contributed by atoms with E-state index >= 15 is 8.78 Å². The molecule has 2 N–H and O–H groups in total. The van der Waals surface area contributed by atoms with Crippen LogP contribution in [-0.4, -0.2) is 63.6 Å². The van der Waals surface area contributed by atoms with Crippen LogP contribution in [0.2, 0.25) is 0 Å². The van der Waals surface area contributed by atoms with Crippen LogP contribution in [0.1, 0.15) is 50.7 Å². The fourth-order valence-electron chi connectivity index (χ4n) is 5.46. The van der Waals surface area contributed by atoms with Crippen LogP contribution in [0.25, 0.3) is 0 Å². The minimum Gasteiger partial charge on any atom is -0.332 e. The van der Waals surface area contributed by atoms with Gasteiger partial charge in [-0.15, -0.1) is 0 Å². The van der Waals surface area contributed by atoms with Gasteiger partial charge in [0.15, 0.2) is 0 Å². The molecule has 3 amide bonds. The third-order valence-corrected chi connectivity index (χ3v) is 14.8. The Labute approximate surface area is 260 Å². The number of rotatable bonds is 12. The minimum absolute atomic E-state index is 0.0122. The number of halogens is 5. The number of nitrogens with one attached hydrogen (secondary N) is 2. The molecule has 3 atom stereocenters. The molecule has 43 heavy (non-hydrogen) atoms. The van der Waals surface area contributed by atoms with Crippen molar-refractivity contribution < 1.29 is 35.0 Å². The van der Waals surface area contributed by atoms with Gasteiger partial charge >= 0.3 is 192 Å². The summed E-state index contributed by atoms with van der Waals surface area (Å²) in [7, 11) is 1.72. The zero-order chi connectivity index (χ0) is 31.0. The number of ether oxygens (including phenoxy) is 1. The van der Waals surface area contributed by atoms with Gasteiger partial charge in [-0.1, -0.05) is 6.42 Å². The van der Waals surface area contributed by atoms with Crippen LogP contribution in [-0.2, 0) is 19.9 Å². The van der Waals surface area contributed by atoms with Crippen LogP contribution in [0.15, 0.2) is 48.5 Å². The van der Waals surface area contributed by atoms with Crippen LogP contribution in [0.4, 0.5) is 22.4 Å². The van der Waals surface area contributed by atoms with Crippen LogP contribution < -0.4 is 15.4 Å². The summed E-state index contributed by atoms with van der Waals surface area (Å²) in [6.07, 6.45) is -1.30. The number of carbonyl (C=O) groups excluding carboxylic acids is 2. The molecule has 0 saturated carbocycles. The maximum atomic E-state index is 15.2. The summed E-state index contributed by atoms with van der Waals surface area (Å²) >= 11 is -2.28. The van der Waals surface area contributed by atoms with Crippen molar-refractivity contribution in [3.63, 3.8) is 0 Å². The third-order valence-electron chi connectivity index (χ3n) is 7.92. The Morgan fingerprint density at radius 3 is 2.58 bits per heavy atom. The van der Waals surface area contributed by atoms with Gasteiger partial charge in [-0.3, -0.25) is 0 Å². The van der Waals surface area contributed by atoms with E-state index in [1.807, 2.05) is 11.8 Å². The summed E-state index contributed by atoms with van der Waals surface area (Å²) in [4.78, 5) is 25.7. The fourth-order valence-corrected chi connectivity index (χ4v) is 12.2. The molecule has 5 rings (SSSR count). The fraction of sp³-hybridized carbons (Fsp3) is 0.533. The Balaban J connectivity index is 1.07. The number of unbranched alkanes of at least 4 members (excludes halogenated alkanes) is 1. The standard InChI is InChI=1S/C30H36F4IN3O4S/c1-28(2)21-8-4-5-9-22(21)35(42-28)29(31,32)30(33,34)41-20-14-12-19(13-15-20)16-17-38(3)25(39)11-7-6-10-24-26-23(18-43-24)36-27(40)37-26/h4-5,8-9,12-15,23-24,26H,6-7,10-11,16-18H2,1-3H3,(H2,36,37,40)/t23-,24-,26-/m0/s1. The third kappa shape index (κ3) is 6.87. The van der Waals surface area contributed by atoms with E-state index in [-0.39, 0.29) is 33.3 Å². The molecule has 7 nitrogen and oxygen atoms in total. The Morgan fingerprint density at radius 2 is 1.84 bits per heavy atom. The zero-order valence-corrected chi connectivity index (χ0v) is 27.2. The zero-order valence-electron chi connectivity index (χ0n) is 24.2. The average molecular weight is 738 g/mol. The van der Waals surface area contributed by atoms with Crippen LogP contribution in [0.3, 0.4) is 0 Å². The van der Waals surface area contributed by atoms with Gasteiger partial charge in [-0.05, 0) is 12.8 Å². The van der Waals surface area contributed by atoms with Gasteiger partial charge in [-0.25, -0.2) is 4.79 Å². The molecule has 13 heteroatoms. The first-order chi connectivity index (χ1) is 20.3. The number of nitrogens with zero attached hydrogens (tertiary/aromatic N) is 1. The van der Waals surface area contributed by atoms with E-state index in [1.165, 1.54) is 30.3 Å².